The maximum absolute atomic E-state index is 10.4. The van der Waals surface area contributed by atoms with Gasteiger partial charge in [0, 0.05) is 11.9 Å². The number of nitrogens with zero attached hydrogens (tertiary/aromatic N) is 1. The van der Waals surface area contributed by atoms with Crippen LogP contribution in [0.4, 0.5) is 0 Å². The van der Waals surface area contributed by atoms with Crippen molar-refractivity contribution in [2.24, 2.45) is 0 Å². The third kappa shape index (κ3) is 2.53. The van der Waals surface area contributed by atoms with Gasteiger partial charge in [0.15, 0.2) is 0 Å². The van der Waals surface area contributed by atoms with E-state index in [1.807, 2.05) is 38.1 Å². The van der Waals surface area contributed by atoms with Crippen LogP contribution >= 0.6 is 0 Å². The largest absolute Gasteiger partial charge is 0.384 e. The first kappa shape index (κ1) is 11.8. The van der Waals surface area contributed by atoms with Crippen molar-refractivity contribution in [3.63, 3.8) is 0 Å². The van der Waals surface area contributed by atoms with Crippen molar-refractivity contribution in [3.05, 3.63) is 64.5 Å². The van der Waals surface area contributed by atoms with E-state index in [1.165, 1.54) is 5.56 Å². The van der Waals surface area contributed by atoms with E-state index in [4.69, 9.17) is 0 Å². The van der Waals surface area contributed by atoms with Crippen molar-refractivity contribution >= 4 is 0 Å². The lowest BCUT2D eigenvalue weighted by molar-refractivity contribution is 0.219. The van der Waals surface area contributed by atoms with Crippen LogP contribution in [0, 0.1) is 20.8 Å². The molecule has 1 N–H and O–H groups in total. The molecule has 0 saturated heterocycles. The maximum atomic E-state index is 10.4. The first-order valence-electron chi connectivity index (χ1n) is 5.75. The van der Waals surface area contributed by atoms with E-state index in [2.05, 4.69) is 18.0 Å². The van der Waals surface area contributed by atoms with E-state index < -0.39 is 6.10 Å². The minimum Gasteiger partial charge on any atom is -0.384 e. The summed E-state index contributed by atoms with van der Waals surface area (Å²) in [5.74, 6) is 0. The van der Waals surface area contributed by atoms with Gasteiger partial charge in [-0.05, 0) is 49.6 Å². The SMILES string of the molecule is Cc1ccc(C(O)c2ccnc(C)c2)c(C)c1. The van der Waals surface area contributed by atoms with Crippen LogP contribution in [0.3, 0.4) is 0 Å². The summed E-state index contributed by atoms with van der Waals surface area (Å²) in [4.78, 5) is 4.14. The zero-order valence-corrected chi connectivity index (χ0v) is 10.4. The summed E-state index contributed by atoms with van der Waals surface area (Å²) >= 11 is 0. The van der Waals surface area contributed by atoms with Gasteiger partial charge >= 0.3 is 0 Å². The van der Waals surface area contributed by atoms with Crippen LogP contribution in [0.2, 0.25) is 0 Å². The number of hydrogen-bond donors (Lipinski definition) is 1. The highest BCUT2D eigenvalue weighted by Gasteiger charge is 2.12. The minimum atomic E-state index is -0.572. The summed E-state index contributed by atoms with van der Waals surface area (Å²) in [5, 5.41) is 10.4. The van der Waals surface area contributed by atoms with E-state index in [-0.39, 0.29) is 0 Å². The van der Waals surface area contributed by atoms with Gasteiger partial charge in [0.25, 0.3) is 0 Å². The minimum absolute atomic E-state index is 0.572. The van der Waals surface area contributed by atoms with Crippen LogP contribution < -0.4 is 0 Å². The Labute approximate surface area is 102 Å². The molecule has 0 spiro atoms. The molecule has 1 unspecified atom stereocenters. The lowest BCUT2D eigenvalue weighted by atomic mass is 9.96. The quantitative estimate of drug-likeness (QED) is 0.855. The van der Waals surface area contributed by atoms with Crippen LogP contribution in [0.1, 0.15) is 34.1 Å². The van der Waals surface area contributed by atoms with Crippen LogP contribution in [-0.4, -0.2) is 10.1 Å². The number of aliphatic hydroxyl groups is 1. The molecule has 2 heteroatoms. The van der Waals surface area contributed by atoms with Gasteiger partial charge < -0.3 is 5.11 Å². The standard InChI is InChI=1S/C15H17NO/c1-10-4-5-14(11(2)8-10)15(17)13-6-7-16-12(3)9-13/h4-9,15,17H,1-3H3. The fraction of sp³-hybridized carbons (Fsp3) is 0.267. The molecular weight excluding hydrogens is 210 g/mol. The Hall–Kier alpha value is -1.67. The molecule has 1 aromatic heterocycles. The predicted molar refractivity (Wildman–Crippen MR) is 69.0 cm³/mol. The first-order valence-corrected chi connectivity index (χ1v) is 5.75. The Kier molecular flexibility index (Phi) is 3.25. The zero-order chi connectivity index (χ0) is 12.4. The van der Waals surface area contributed by atoms with Crippen LogP contribution in [0.25, 0.3) is 0 Å². The predicted octanol–water partition coefficient (Wildman–Crippen LogP) is 3.09. The Balaban J connectivity index is 2.40. The van der Waals surface area contributed by atoms with Gasteiger partial charge in [-0.25, -0.2) is 0 Å². The smallest absolute Gasteiger partial charge is 0.104 e. The molecule has 0 bridgehead atoms. The summed E-state index contributed by atoms with van der Waals surface area (Å²) < 4.78 is 0. The summed E-state index contributed by atoms with van der Waals surface area (Å²) in [6.45, 7) is 6.01. The summed E-state index contributed by atoms with van der Waals surface area (Å²) in [6, 6.07) is 9.89. The van der Waals surface area contributed by atoms with Gasteiger partial charge in [-0.2, -0.15) is 0 Å². The van der Waals surface area contributed by atoms with Gasteiger partial charge in [0.2, 0.25) is 0 Å². The van der Waals surface area contributed by atoms with Crippen molar-refractivity contribution in [1.29, 1.82) is 0 Å². The van der Waals surface area contributed by atoms with Crippen LogP contribution in [0.5, 0.6) is 0 Å². The lowest BCUT2D eigenvalue weighted by Crippen LogP contribution is -2.03. The Morgan fingerprint density at radius 1 is 1.06 bits per heavy atom. The molecule has 0 fully saturated rings. The Morgan fingerprint density at radius 3 is 2.47 bits per heavy atom. The van der Waals surface area contributed by atoms with E-state index in [0.29, 0.717) is 0 Å². The molecule has 17 heavy (non-hydrogen) atoms. The summed E-state index contributed by atoms with van der Waals surface area (Å²) in [7, 11) is 0. The molecule has 1 aromatic carbocycles. The molecule has 1 heterocycles. The molecule has 0 saturated carbocycles. The molecule has 0 amide bonds. The Bertz CT molecular complexity index is 534. The van der Waals surface area contributed by atoms with Gasteiger partial charge in [0.1, 0.15) is 6.10 Å². The molecule has 2 nitrogen and oxygen atoms in total. The molecule has 88 valence electrons. The topological polar surface area (TPSA) is 33.1 Å². The van der Waals surface area contributed by atoms with Gasteiger partial charge in [-0.15, -0.1) is 0 Å². The van der Waals surface area contributed by atoms with Crippen LogP contribution in [-0.2, 0) is 0 Å². The number of aliphatic hydroxyl groups excluding tert-OH is 1. The average molecular weight is 227 g/mol. The molecule has 0 aliphatic rings. The number of aromatic nitrogens is 1. The monoisotopic (exact) mass is 227 g/mol. The maximum Gasteiger partial charge on any atom is 0.104 e. The number of hydrogen-bond acceptors (Lipinski definition) is 2. The second kappa shape index (κ2) is 4.68. The number of rotatable bonds is 2. The first-order chi connectivity index (χ1) is 8.08. The average Bonchev–Trinajstić information content (AvgIpc) is 2.28. The number of benzene rings is 1. The molecule has 0 aliphatic carbocycles. The van der Waals surface area contributed by atoms with Gasteiger partial charge in [-0.3, -0.25) is 4.98 Å². The number of aryl methyl sites for hydroxylation is 3. The normalized spacial score (nSPS) is 12.5. The van der Waals surface area contributed by atoms with E-state index in [9.17, 15) is 5.11 Å². The second-order valence-corrected chi connectivity index (χ2v) is 4.49. The fourth-order valence-corrected chi connectivity index (χ4v) is 2.05. The highest BCUT2D eigenvalue weighted by atomic mass is 16.3. The summed E-state index contributed by atoms with van der Waals surface area (Å²) in [6.07, 6.45) is 1.16. The molecule has 2 rings (SSSR count). The highest BCUT2D eigenvalue weighted by molar-refractivity contribution is 5.37. The molecule has 0 aliphatic heterocycles. The molecule has 0 radical (unpaired) electrons. The fourth-order valence-electron chi connectivity index (χ4n) is 2.05. The zero-order valence-electron chi connectivity index (χ0n) is 10.4. The van der Waals surface area contributed by atoms with Crippen LogP contribution in [0.15, 0.2) is 36.5 Å². The van der Waals surface area contributed by atoms with Crippen molar-refractivity contribution < 1.29 is 5.11 Å². The van der Waals surface area contributed by atoms with Gasteiger partial charge in [-0.1, -0.05) is 23.8 Å². The van der Waals surface area contributed by atoms with Crippen molar-refractivity contribution in [1.82, 2.24) is 4.98 Å². The van der Waals surface area contributed by atoms with Crippen molar-refractivity contribution in [2.45, 2.75) is 26.9 Å². The summed E-state index contributed by atoms with van der Waals surface area (Å²) in [5.41, 5.74) is 5.10. The van der Waals surface area contributed by atoms with Crippen molar-refractivity contribution in [2.75, 3.05) is 0 Å². The third-order valence-corrected chi connectivity index (χ3v) is 2.96. The molecular formula is C15H17NO. The third-order valence-electron chi connectivity index (χ3n) is 2.96. The van der Waals surface area contributed by atoms with E-state index in [0.717, 1.165) is 22.4 Å². The van der Waals surface area contributed by atoms with E-state index in [1.54, 1.807) is 6.20 Å². The Morgan fingerprint density at radius 2 is 1.82 bits per heavy atom. The highest BCUT2D eigenvalue weighted by Crippen LogP contribution is 2.25. The second-order valence-electron chi connectivity index (χ2n) is 4.49. The van der Waals surface area contributed by atoms with E-state index >= 15 is 0 Å². The van der Waals surface area contributed by atoms with Crippen molar-refractivity contribution in [3.8, 4) is 0 Å². The lowest BCUT2D eigenvalue weighted by Gasteiger charge is -2.15. The molecule has 2 aromatic rings. The molecule has 1 atom stereocenters. The number of pyridine rings is 1. The van der Waals surface area contributed by atoms with Gasteiger partial charge in [0.05, 0.1) is 0 Å².